The maximum absolute atomic E-state index is 12.8. The summed E-state index contributed by atoms with van der Waals surface area (Å²) in [6.07, 6.45) is -3.70. The Labute approximate surface area is 158 Å². The SMILES string of the molecule is CN=C(NCCC(C)c1cccc(C(F)(F)F)c1)NCC(C)(C)C(=O)NC. The van der Waals surface area contributed by atoms with Crippen molar-refractivity contribution in [3.8, 4) is 0 Å². The highest BCUT2D eigenvalue weighted by Gasteiger charge is 2.30. The number of amides is 1. The average molecular weight is 386 g/mol. The van der Waals surface area contributed by atoms with E-state index in [1.54, 1.807) is 20.2 Å². The lowest BCUT2D eigenvalue weighted by atomic mass is 9.92. The summed E-state index contributed by atoms with van der Waals surface area (Å²) in [5.74, 6) is 0.423. The first-order valence-corrected chi connectivity index (χ1v) is 8.85. The quantitative estimate of drug-likeness (QED) is 0.498. The largest absolute Gasteiger partial charge is 0.416 e. The third kappa shape index (κ3) is 7.11. The molecule has 1 aromatic rings. The number of alkyl halides is 3. The second-order valence-corrected chi connectivity index (χ2v) is 7.13. The normalized spacial score (nSPS) is 13.9. The number of carbonyl (C=O) groups excluding carboxylic acids is 1. The molecule has 27 heavy (non-hydrogen) atoms. The Bertz CT molecular complexity index is 657. The van der Waals surface area contributed by atoms with Crippen LogP contribution in [0.2, 0.25) is 0 Å². The number of hydrogen-bond donors (Lipinski definition) is 3. The zero-order valence-corrected chi connectivity index (χ0v) is 16.5. The van der Waals surface area contributed by atoms with Crippen LogP contribution in [0.4, 0.5) is 13.2 Å². The van der Waals surface area contributed by atoms with Crippen LogP contribution in [0.15, 0.2) is 29.3 Å². The molecule has 0 aromatic heterocycles. The smallest absolute Gasteiger partial charge is 0.359 e. The number of halogens is 3. The van der Waals surface area contributed by atoms with E-state index in [-0.39, 0.29) is 11.8 Å². The zero-order valence-electron chi connectivity index (χ0n) is 16.5. The van der Waals surface area contributed by atoms with Crippen molar-refractivity contribution in [2.24, 2.45) is 10.4 Å². The number of nitrogens with zero attached hydrogens (tertiary/aromatic N) is 1. The topological polar surface area (TPSA) is 65.5 Å². The Morgan fingerprint density at radius 3 is 2.44 bits per heavy atom. The molecule has 5 nitrogen and oxygen atoms in total. The summed E-state index contributed by atoms with van der Waals surface area (Å²) >= 11 is 0. The standard InChI is InChI=1S/C19H29F3N4O/c1-13(14-7-6-8-15(11-14)19(20,21)22)9-10-25-17(24-5)26-12-18(2,3)16(27)23-4/h6-8,11,13H,9-10,12H2,1-5H3,(H,23,27)(H2,24,25,26). The number of carbonyl (C=O) groups is 1. The van der Waals surface area contributed by atoms with Crippen LogP contribution in [0, 0.1) is 5.41 Å². The van der Waals surface area contributed by atoms with Gasteiger partial charge in [0.25, 0.3) is 0 Å². The fraction of sp³-hybridized carbons (Fsp3) is 0.579. The minimum absolute atomic E-state index is 0.0415. The van der Waals surface area contributed by atoms with Crippen molar-refractivity contribution in [2.45, 2.75) is 39.3 Å². The van der Waals surface area contributed by atoms with Crippen LogP contribution in [0.3, 0.4) is 0 Å². The third-order valence-electron chi connectivity index (χ3n) is 4.42. The fourth-order valence-corrected chi connectivity index (χ4v) is 2.54. The highest BCUT2D eigenvalue weighted by molar-refractivity contribution is 5.84. The van der Waals surface area contributed by atoms with Gasteiger partial charge in [0.2, 0.25) is 5.91 Å². The molecule has 152 valence electrons. The summed E-state index contributed by atoms with van der Waals surface area (Å²) in [6.45, 7) is 6.47. The van der Waals surface area contributed by atoms with Gasteiger partial charge in [-0.15, -0.1) is 0 Å². The molecule has 0 aliphatic heterocycles. The van der Waals surface area contributed by atoms with Crippen molar-refractivity contribution in [1.82, 2.24) is 16.0 Å². The Morgan fingerprint density at radius 1 is 1.22 bits per heavy atom. The van der Waals surface area contributed by atoms with Crippen molar-refractivity contribution >= 4 is 11.9 Å². The zero-order chi connectivity index (χ0) is 20.7. The maximum atomic E-state index is 12.8. The van der Waals surface area contributed by atoms with E-state index in [1.165, 1.54) is 12.1 Å². The molecule has 0 aliphatic rings. The van der Waals surface area contributed by atoms with Crippen molar-refractivity contribution < 1.29 is 18.0 Å². The van der Waals surface area contributed by atoms with E-state index in [9.17, 15) is 18.0 Å². The summed E-state index contributed by atoms with van der Waals surface area (Å²) in [5.41, 5.74) is -0.582. The van der Waals surface area contributed by atoms with E-state index in [1.807, 2.05) is 20.8 Å². The van der Waals surface area contributed by atoms with Crippen LogP contribution < -0.4 is 16.0 Å². The molecule has 0 aliphatic carbocycles. The van der Waals surface area contributed by atoms with Gasteiger partial charge < -0.3 is 16.0 Å². The van der Waals surface area contributed by atoms with E-state index in [4.69, 9.17) is 0 Å². The highest BCUT2D eigenvalue weighted by atomic mass is 19.4. The molecular formula is C19H29F3N4O. The van der Waals surface area contributed by atoms with E-state index in [0.717, 1.165) is 6.07 Å². The second-order valence-electron chi connectivity index (χ2n) is 7.13. The molecule has 1 unspecified atom stereocenters. The van der Waals surface area contributed by atoms with Crippen LogP contribution in [-0.4, -0.2) is 39.1 Å². The lowest BCUT2D eigenvalue weighted by Gasteiger charge is -2.24. The molecule has 3 N–H and O–H groups in total. The number of benzene rings is 1. The predicted octanol–water partition coefficient (Wildman–Crippen LogP) is 3.14. The molecule has 8 heteroatoms. The van der Waals surface area contributed by atoms with Crippen molar-refractivity contribution in [2.75, 3.05) is 27.2 Å². The maximum Gasteiger partial charge on any atom is 0.416 e. The van der Waals surface area contributed by atoms with Crippen LogP contribution in [0.1, 0.15) is 44.2 Å². The molecule has 1 atom stereocenters. The van der Waals surface area contributed by atoms with Gasteiger partial charge in [-0.25, -0.2) is 0 Å². The van der Waals surface area contributed by atoms with Gasteiger partial charge in [-0.3, -0.25) is 9.79 Å². The summed E-state index contributed by atoms with van der Waals surface area (Å²) in [7, 11) is 3.21. The third-order valence-corrected chi connectivity index (χ3v) is 4.42. The van der Waals surface area contributed by atoms with E-state index < -0.39 is 17.2 Å². The van der Waals surface area contributed by atoms with Gasteiger partial charge >= 0.3 is 6.18 Å². The van der Waals surface area contributed by atoms with E-state index >= 15 is 0 Å². The number of guanidine groups is 1. The van der Waals surface area contributed by atoms with Crippen LogP contribution in [0.25, 0.3) is 0 Å². The van der Waals surface area contributed by atoms with Crippen LogP contribution >= 0.6 is 0 Å². The number of hydrogen-bond acceptors (Lipinski definition) is 2. The van der Waals surface area contributed by atoms with E-state index in [2.05, 4.69) is 20.9 Å². The first-order chi connectivity index (χ1) is 12.5. The minimum Gasteiger partial charge on any atom is -0.359 e. The Morgan fingerprint density at radius 2 is 1.89 bits per heavy atom. The first kappa shape index (κ1) is 22.8. The molecular weight excluding hydrogens is 357 g/mol. The first-order valence-electron chi connectivity index (χ1n) is 8.85. The Kier molecular flexibility index (Phi) is 8.12. The van der Waals surface area contributed by atoms with Gasteiger partial charge in [0.15, 0.2) is 5.96 Å². The van der Waals surface area contributed by atoms with Gasteiger partial charge in [0.05, 0.1) is 11.0 Å². The summed E-state index contributed by atoms with van der Waals surface area (Å²) in [6, 6.07) is 5.42. The van der Waals surface area contributed by atoms with Crippen LogP contribution in [-0.2, 0) is 11.0 Å². The van der Waals surface area contributed by atoms with Crippen molar-refractivity contribution in [1.29, 1.82) is 0 Å². The molecule has 1 amide bonds. The summed E-state index contributed by atoms with van der Waals surface area (Å²) in [5, 5.41) is 8.85. The lowest BCUT2D eigenvalue weighted by molar-refractivity contribution is -0.137. The van der Waals surface area contributed by atoms with Gasteiger partial charge in [-0.05, 0) is 37.8 Å². The van der Waals surface area contributed by atoms with Gasteiger partial charge in [0, 0.05) is 27.2 Å². The highest BCUT2D eigenvalue weighted by Crippen LogP contribution is 2.31. The molecule has 0 saturated heterocycles. The molecule has 0 radical (unpaired) electrons. The number of rotatable bonds is 7. The van der Waals surface area contributed by atoms with E-state index in [0.29, 0.717) is 31.0 Å². The Hall–Kier alpha value is -2.25. The van der Waals surface area contributed by atoms with Crippen LogP contribution in [0.5, 0.6) is 0 Å². The molecule has 0 spiro atoms. The summed E-state index contributed by atoms with van der Waals surface area (Å²) < 4.78 is 38.5. The minimum atomic E-state index is -4.34. The van der Waals surface area contributed by atoms with Gasteiger partial charge in [0.1, 0.15) is 0 Å². The van der Waals surface area contributed by atoms with Gasteiger partial charge in [-0.2, -0.15) is 13.2 Å². The summed E-state index contributed by atoms with van der Waals surface area (Å²) in [4.78, 5) is 15.9. The van der Waals surface area contributed by atoms with Gasteiger partial charge in [-0.1, -0.05) is 25.1 Å². The second kappa shape index (κ2) is 9.62. The van der Waals surface area contributed by atoms with Crippen molar-refractivity contribution in [3.05, 3.63) is 35.4 Å². The number of nitrogens with one attached hydrogen (secondary N) is 3. The molecule has 1 rings (SSSR count). The predicted molar refractivity (Wildman–Crippen MR) is 102 cm³/mol. The Balaban J connectivity index is 2.55. The van der Waals surface area contributed by atoms with Crippen molar-refractivity contribution in [3.63, 3.8) is 0 Å². The molecule has 0 fully saturated rings. The lowest BCUT2D eigenvalue weighted by Crippen LogP contribution is -2.47. The molecule has 0 saturated carbocycles. The average Bonchev–Trinajstić information content (AvgIpc) is 2.62. The molecule has 0 bridgehead atoms. The number of aliphatic imine (C=N–C) groups is 1. The fourth-order valence-electron chi connectivity index (χ4n) is 2.54. The monoisotopic (exact) mass is 386 g/mol. The molecule has 1 aromatic carbocycles. The molecule has 0 heterocycles.